The Balaban J connectivity index is 2.51. The lowest BCUT2D eigenvalue weighted by molar-refractivity contribution is -0.116. The lowest BCUT2D eigenvalue weighted by Crippen LogP contribution is -2.26. The molecule has 0 radical (unpaired) electrons. The first-order valence-corrected chi connectivity index (χ1v) is 6.34. The van der Waals surface area contributed by atoms with Crippen molar-refractivity contribution in [2.24, 2.45) is 0 Å². The van der Waals surface area contributed by atoms with Crippen LogP contribution in [0, 0.1) is 0 Å². The van der Waals surface area contributed by atoms with Gasteiger partial charge in [0.05, 0.1) is 6.61 Å². The summed E-state index contributed by atoms with van der Waals surface area (Å²) in [5, 5.41) is 5.50. The third-order valence-electron chi connectivity index (χ3n) is 2.50. The summed E-state index contributed by atoms with van der Waals surface area (Å²) in [5.41, 5.74) is 1.26. The summed E-state index contributed by atoms with van der Waals surface area (Å²) in [5.74, 6) is -0.164. The number of hydrogen-bond donors (Lipinski definition) is 2. The second-order valence-electron chi connectivity index (χ2n) is 4.12. The Morgan fingerprint density at radius 2 is 1.89 bits per heavy atom. The Morgan fingerprint density at radius 3 is 2.47 bits per heavy atom. The predicted octanol–water partition coefficient (Wildman–Crippen LogP) is 1.80. The van der Waals surface area contributed by atoms with Crippen LogP contribution in [-0.4, -0.2) is 32.1 Å². The van der Waals surface area contributed by atoms with E-state index in [-0.39, 0.29) is 11.8 Å². The van der Waals surface area contributed by atoms with Crippen LogP contribution in [-0.2, 0) is 9.53 Å². The third kappa shape index (κ3) is 5.52. The summed E-state index contributed by atoms with van der Waals surface area (Å²) in [6.45, 7) is 2.91. The number of nitrogens with one attached hydrogen (secondary N) is 2. The molecule has 0 saturated heterocycles. The van der Waals surface area contributed by atoms with E-state index in [0.29, 0.717) is 30.8 Å². The highest BCUT2D eigenvalue weighted by Crippen LogP contribution is 2.10. The van der Waals surface area contributed by atoms with E-state index >= 15 is 0 Å². The molecular formula is C14H20N2O3. The lowest BCUT2D eigenvalue weighted by Gasteiger charge is -2.07. The molecule has 0 unspecified atom stereocenters. The molecule has 2 N–H and O–H groups in total. The Morgan fingerprint density at radius 1 is 1.21 bits per heavy atom. The molecule has 0 aromatic heterocycles. The topological polar surface area (TPSA) is 67.4 Å². The van der Waals surface area contributed by atoms with Crippen molar-refractivity contribution in [1.29, 1.82) is 0 Å². The molecule has 0 saturated carbocycles. The molecule has 0 heterocycles. The summed E-state index contributed by atoms with van der Waals surface area (Å²) in [6, 6.07) is 6.81. The van der Waals surface area contributed by atoms with Gasteiger partial charge in [-0.3, -0.25) is 9.59 Å². The lowest BCUT2D eigenvalue weighted by atomic mass is 10.2. The van der Waals surface area contributed by atoms with E-state index in [1.54, 1.807) is 31.4 Å². The van der Waals surface area contributed by atoms with E-state index in [1.807, 2.05) is 6.92 Å². The fourth-order valence-electron chi connectivity index (χ4n) is 1.52. The molecule has 0 aliphatic heterocycles. The molecule has 0 aliphatic rings. The first kappa shape index (κ1) is 15.2. The van der Waals surface area contributed by atoms with Gasteiger partial charge < -0.3 is 15.4 Å². The minimum atomic E-state index is -0.150. The molecule has 5 nitrogen and oxygen atoms in total. The van der Waals surface area contributed by atoms with Gasteiger partial charge in [0.25, 0.3) is 5.91 Å². The molecule has 104 valence electrons. The van der Waals surface area contributed by atoms with Crippen LogP contribution < -0.4 is 10.6 Å². The first-order valence-electron chi connectivity index (χ1n) is 6.34. The van der Waals surface area contributed by atoms with Crippen molar-refractivity contribution < 1.29 is 14.3 Å². The Bertz CT molecular complexity index is 415. The molecule has 0 fully saturated rings. The van der Waals surface area contributed by atoms with Gasteiger partial charge in [-0.05, 0) is 30.7 Å². The second kappa shape index (κ2) is 8.26. The van der Waals surface area contributed by atoms with Gasteiger partial charge in [-0.25, -0.2) is 0 Å². The molecule has 1 aromatic carbocycles. The van der Waals surface area contributed by atoms with Gasteiger partial charge in [0.1, 0.15) is 0 Å². The van der Waals surface area contributed by atoms with Crippen molar-refractivity contribution in [1.82, 2.24) is 5.32 Å². The average Bonchev–Trinajstić information content (AvgIpc) is 2.40. The number of methoxy groups -OCH3 is 1. The van der Waals surface area contributed by atoms with Gasteiger partial charge in [-0.1, -0.05) is 6.92 Å². The van der Waals surface area contributed by atoms with Crippen LogP contribution in [0.1, 0.15) is 30.1 Å². The highest BCUT2D eigenvalue weighted by atomic mass is 16.5. The number of benzene rings is 1. The molecule has 1 aromatic rings. The number of carbonyl (C=O) groups excluding carboxylic acids is 2. The fourth-order valence-corrected chi connectivity index (χ4v) is 1.52. The normalized spacial score (nSPS) is 10.0. The first-order chi connectivity index (χ1) is 9.17. The van der Waals surface area contributed by atoms with Crippen molar-refractivity contribution in [3.8, 4) is 0 Å². The average molecular weight is 264 g/mol. The third-order valence-corrected chi connectivity index (χ3v) is 2.50. The van der Waals surface area contributed by atoms with Crippen LogP contribution in [0.25, 0.3) is 0 Å². The van der Waals surface area contributed by atoms with Crippen LogP contribution in [0.3, 0.4) is 0 Å². The van der Waals surface area contributed by atoms with Gasteiger partial charge in [0, 0.05) is 31.3 Å². The largest absolute Gasteiger partial charge is 0.383 e. The van der Waals surface area contributed by atoms with Crippen molar-refractivity contribution >= 4 is 17.5 Å². The molecule has 0 aliphatic carbocycles. The molecule has 19 heavy (non-hydrogen) atoms. The Hall–Kier alpha value is -1.88. The van der Waals surface area contributed by atoms with Crippen molar-refractivity contribution in [2.45, 2.75) is 19.8 Å². The number of amides is 2. The van der Waals surface area contributed by atoms with Crippen molar-refractivity contribution in [3.63, 3.8) is 0 Å². The standard InChI is InChI=1S/C14H20N2O3/c1-3-4-13(17)16-12-7-5-11(6-8-12)14(18)15-9-10-19-2/h5-8H,3-4,9-10H2,1-2H3,(H,15,18)(H,16,17). The molecule has 5 heteroatoms. The van der Waals surface area contributed by atoms with Crippen LogP contribution in [0.5, 0.6) is 0 Å². The summed E-state index contributed by atoms with van der Waals surface area (Å²) in [4.78, 5) is 23.1. The van der Waals surface area contributed by atoms with Crippen LogP contribution in [0.15, 0.2) is 24.3 Å². The number of anilines is 1. The Kier molecular flexibility index (Phi) is 6.60. The number of hydrogen-bond acceptors (Lipinski definition) is 3. The quantitative estimate of drug-likeness (QED) is 0.738. The zero-order valence-corrected chi connectivity index (χ0v) is 11.4. The minimum absolute atomic E-state index is 0.0141. The summed E-state index contributed by atoms with van der Waals surface area (Å²) in [7, 11) is 1.58. The Labute approximate surface area is 113 Å². The second-order valence-corrected chi connectivity index (χ2v) is 4.12. The van der Waals surface area contributed by atoms with Crippen LogP contribution in [0.4, 0.5) is 5.69 Å². The molecule has 0 bridgehead atoms. The molecule has 1 rings (SSSR count). The van der Waals surface area contributed by atoms with Gasteiger partial charge in [0.2, 0.25) is 5.91 Å². The fraction of sp³-hybridized carbons (Fsp3) is 0.429. The maximum atomic E-state index is 11.7. The van der Waals surface area contributed by atoms with Crippen LogP contribution in [0.2, 0.25) is 0 Å². The number of carbonyl (C=O) groups is 2. The van der Waals surface area contributed by atoms with E-state index in [4.69, 9.17) is 4.74 Å². The monoisotopic (exact) mass is 264 g/mol. The van der Waals surface area contributed by atoms with Crippen molar-refractivity contribution in [3.05, 3.63) is 29.8 Å². The molecular weight excluding hydrogens is 244 g/mol. The molecule has 0 spiro atoms. The van der Waals surface area contributed by atoms with E-state index in [2.05, 4.69) is 10.6 Å². The van der Waals surface area contributed by atoms with E-state index < -0.39 is 0 Å². The van der Waals surface area contributed by atoms with Gasteiger partial charge in [0.15, 0.2) is 0 Å². The van der Waals surface area contributed by atoms with Crippen molar-refractivity contribution in [2.75, 3.05) is 25.6 Å². The highest BCUT2D eigenvalue weighted by molar-refractivity contribution is 5.95. The zero-order chi connectivity index (χ0) is 14.1. The van der Waals surface area contributed by atoms with E-state index in [9.17, 15) is 9.59 Å². The minimum Gasteiger partial charge on any atom is -0.383 e. The maximum absolute atomic E-state index is 11.7. The smallest absolute Gasteiger partial charge is 0.251 e. The SMILES string of the molecule is CCCC(=O)Nc1ccc(C(=O)NCCOC)cc1. The van der Waals surface area contributed by atoms with Gasteiger partial charge in [-0.2, -0.15) is 0 Å². The van der Waals surface area contributed by atoms with Gasteiger partial charge >= 0.3 is 0 Å². The number of ether oxygens (including phenoxy) is 1. The number of rotatable bonds is 7. The maximum Gasteiger partial charge on any atom is 0.251 e. The molecule has 0 atom stereocenters. The molecule has 2 amide bonds. The highest BCUT2D eigenvalue weighted by Gasteiger charge is 2.05. The summed E-state index contributed by atoms with van der Waals surface area (Å²) in [6.07, 6.45) is 1.31. The van der Waals surface area contributed by atoms with Crippen LogP contribution >= 0.6 is 0 Å². The van der Waals surface area contributed by atoms with E-state index in [1.165, 1.54) is 0 Å². The predicted molar refractivity (Wildman–Crippen MR) is 74.2 cm³/mol. The van der Waals surface area contributed by atoms with Gasteiger partial charge in [-0.15, -0.1) is 0 Å². The van der Waals surface area contributed by atoms with E-state index in [0.717, 1.165) is 6.42 Å². The summed E-state index contributed by atoms with van der Waals surface area (Å²) >= 11 is 0. The zero-order valence-electron chi connectivity index (χ0n) is 11.4. The summed E-state index contributed by atoms with van der Waals surface area (Å²) < 4.78 is 4.85.